The summed E-state index contributed by atoms with van der Waals surface area (Å²) in [5.74, 6) is 0. The minimum atomic E-state index is -0.369. The normalized spacial score (nSPS) is 10.0. The highest BCUT2D eigenvalue weighted by Crippen LogP contribution is 1.97. The van der Waals surface area contributed by atoms with Gasteiger partial charge >= 0.3 is 5.69 Å². The van der Waals surface area contributed by atoms with Crippen LogP contribution in [-0.4, -0.2) is 24.7 Å². The van der Waals surface area contributed by atoms with Gasteiger partial charge in [-0.05, 0) is 0 Å². The summed E-state index contributed by atoms with van der Waals surface area (Å²) in [4.78, 5) is 16.6. The first-order valence-electron chi connectivity index (χ1n) is 3.26. The van der Waals surface area contributed by atoms with Gasteiger partial charge in [0.1, 0.15) is 12.7 Å². The van der Waals surface area contributed by atoms with Crippen LogP contribution in [-0.2, 0) is 0 Å². The Hall–Kier alpha value is -1.98. The van der Waals surface area contributed by atoms with Crippen molar-refractivity contribution in [3.05, 3.63) is 35.5 Å². The molecule has 0 bridgehead atoms. The van der Waals surface area contributed by atoms with E-state index in [1.54, 1.807) is 10.8 Å². The molecule has 2 rings (SSSR count). The highest BCUT2D eigenvalue weighted by molar-refractivity contribution is 5.22. The lowest BCUT2D eigenvalue weighted by Gasteiger charge is -1.96. The van der Waals surface area contributed by atoms with Crippen LogP contribution in [0.25, 0.3) is 5.69 Å². The SMILES string of the molecule is O=c1ncc(-n2cnnc2)c[nH]1. The molecule has 0 fully saturated rings. The standard InChI is InChI=1S/C6H5N5O/c12-6-7-1-5(2-8-6)11-3-9-10-4-11/h1-4H,(H,7,8,12). The molecule has 0 aliphatic heterocycles. The molecule has 6 nitrogen and oxygen atoms in total. The van der Waals surface area contributed by atoms with Crippen molar-refractivity contribution in [2.75, 3.05) is 0 Å². The zero-order chi connectivity index (χ0) is 8.39. The molecule has 0 radical (unpaired) electrons. The van der Waals surface area contributed by atoms with Gasteiger partial charge in [-0.15, -0.1) is 10.2 Å². The molecule has 2 aromatic heterocycles. The van der Waals surface area contributed by atoms with Crippen LogP contribution in [0.2, 0.25) is 0 Å². The van der Waals surface area contributed by atoms with Gasteiger partial charge in [0, 0.05) is 6.20 Å². The minimum Gasteiger partial charge on any atom is -0.311 e. The predicted octanol–water partition coefficient (Wildman–Crippen LogP) is -0.649. The number of rotatable bonds is 1. The average Bonchev–Trinajstić information content (AvgIpc) is 2.58. The molecule has 0 unspecified atom stereocenters. The second kappa shape index (κ2) is 2.57. The molecule has 0 aliphatic carbocycles. The first kappa shape index (κ1) is 6.71. The van der Waals surface area contributed by atoms with Gasteiger partial charge in [0.25, 0.3) is 0 Å². The van der Waals surface area contributed by atoms with Gasteiger partial charge in [0.2, 0.25) is 0 Å². The minimum absolute atomic E-state index is 0.369. The first-order valence-corrected chi connectivity index (χ1v) is 3.26. The lowest BCUT2D eigenvalue weighted by molar-refractivity contribution is 0.978. The quantitative estimate of drug-likeness (QED) is 0.606. The number of hydrogen-bond donors (Lipinski definition) is 1. The molecule has 1 N–H and O–H groups in total. The summed E-state index contributed by atoms with van der Waals surface area (Å²) in [6, 6.07) is 0. The number of aromatic nitrogens is 5. The van der Waals surface area contributed by atoms with Gasteiger partial charge in [-0.1, -0.05) is 0 Å². The van der Waals surface area contributed by atoms with Crippen molar-refractivity contribution in [1.29, 1.82) is 0 Å². The number of aromatic amines is 1. The molecule has 2 heterocycles. The zero-order valence-corrected chi connectivity index (χ0v) is 6.01. The summed E-state index contributed by atoms with van der Waals surface area (Å²) in [5.41, 5.74) is 0.353. The van der Waals surface area contributed by atoms with Gasteiger partial charge in [-0.25, -0.2) is 4.79 Å². The molecular formula is C6H5N5O. The smallest absolute Gasteiger partial charge is 0.311 e. The molecular weight excluding hydrogens is 158 g/mol. The Morgan fingerprint density at radius 2 is 2.08 bits per heavy atom. The number of hydrogen-bond acceptors (Lipinski definition) is 4. The highest BCUT2D eigenvalue weighted by atomic mass is 16.1. The molecule has 12 heavy (non-hydrogen) atoms. The fraction of sp³-hybridized carbons (Fsp3) is 0. The molecule has 6 heteroatoms. The van der Waals surface area contributed by atoms with Crippen LogP contribution in [0.1, 0.15) is 0 Å². The lowest BCUT2D eigenvalue weighted by atomic mass is 10.5. The Balaban J connectivity index is 2.49. The Morgan fingerprint density at radius 1 is 1.33 bits per heavy atom. The third-order valence-corrected chi connectivity index (χ3v) is 1.37. The van der Waals surface area contributed by atoms with Gasteiger partial charge in [-0.3, -0.25) is 4.57 Å². The number of H-pyrrole nitrogens is 1. The Labute approximate surface area is 66.9 Å². The van der Waals surface area contributed by atoms with Gasteiger partial charge in [-0.2, -0.15) is 4.98 Å². The third-order valence-electron chi connectivity index (χ3n) is 1.37. The Bertz CT molecular complexity index is 397. The highest BCUT2D eigenvalue weighted by Gasteiger charge is 1.94. The van der Waals surface area contributed by atoms with E-state index in [-0.39, 0.29) is 5.69 Å². The van der Waals surface area contributed by atoms with Crippen molar-refractivity contribution in [2.24, 2.45) is 0 Å². The predicted molar refractivity (Wildman–Crippen MR) is 39.8 cm³/mol. The van der Waals surface area contributed by atoms with Crippen molar-refractivity contribution < 1.29 is 0 Å². The van der Waals surface area contributed by atoms with Crippen molar-refractivity contribution in [3.63, 3.8) is 0 Å². The molecule has 0 aliphatic rings. The van der Waals surface area contributed by atoms with E-state index >= 15 is 0 Å². The fourth-order valence-electron chi connectivity index (χ4n) is 0.810. The third kappa shape index (κ3) is 1.09. The maximum Gasteiger partial charge on any atom is 0.345 e. The zero-order valence-electron chi connectivity index (χ0n) is 6.01. The fourth-order valence-corrected chi connectivity index (χ4v) is 0.810. The summed E-state index contributed by atoms with van der Waals surface area (Å²) in [5, 5.41) is 7.23. The molecule has 2 aromatic rings. The van der Waals surface area contributed by atoms with Gasteiger partial charge < -0.3 is 4.98 Å². The maximum atomic E-state index is 10.6. The second-order valence-corrected chi connectivity index (χ2v) is 2.15. The molecule has 0 atom stereocenters. The van der Waals surface area contributed by atoms with E-state index in [1.165, 1.54) is 18.9 Å². The van der Waals surface area contributed by atoms with Gasteiger partial charge in [0.05, 0.1) is 11.9 Å². The summed E-state index contributed by atoms with van der Waals surface area (Å²) in [7, 11) is 0. The van der Waals surface area contributed by atoms with Crippen molar-refractivity contribution in [3.8, 4) is 5.69 Å². The van der Waals surface area contributed by atoms with E-state index in [1.807, 2.05) is 0 Å². The largest absolute Gasteiger partial charge is 0.345 e. The summed E-state index contributed by atoms with van der Waals surface area (Å²) in [6.07, 6.45) is 6.03. The van der Waals surface area contributed by atoms with Crippen molar-refractivity contribution in [1.82, 2.24) is 24.7 Å². The maximum absolute atomic E-state index is 10.6. The van der Waals surface area contributed by atoms with E-state index in [0.29, 0.717) is 0 Å². The van der Waals surface area contributed by atoms with Crippen LogP contribution in [0.4, 0.5) is 0 Å². The van der Waals surface area contributed by atoms with Crippen LogP contribution >= 0.6 is 0 Å². The molecule has 0 spiro atoms. The topological polar surface area (TPSA) is 76.5 Å². The average molecular weight is 163 g/mol. The van der Waals surface area contributed by atoms with Crippen LogP contribution in [0.3, 0.4) is 0 Å². The Morgan fingerprint density at radius 3 is 2.67 bits per heavy atom. The Kier molecular flexibility index (Phi) is 1.44. The van der Waals surface area contributed by atoms with Crippen LogP contribution in [0, 0.1) is 0 Å². The summed E-state index contributed by atoms with van der Waals surface area (Å²) >= 11 is 0. The second-order valence-electron chi connectivity index (χ2n) is 2.15. The summed E-state index contributed by atoms with van der Waals surface area (Å²) in [6.45, 7) is 0. The van der Waals surface area contributed by atoms with Crippen molar-refractivity contribution in [2.45, 2.75) is 0 Å². The van der Waals surface area contributed by atoms with E-state index in [9.17, 15) is 4.79 Å². The number of nitrogens with one attached hydrogen (secondary N) is 1. The van der Waals surface area contributed by atoms with E-state index in [2.05, 4.69) is 20.2 Å². The van der Waals surface area contributed by atoms with Gasteiger partial charge in [0.15, 0.2) is 0 Å². The molecule has 0 amide bonds. The van der Waals surface area contributed by atoms with E-state index in [4.69, 9.17) is 0 Å². The van der Waals surface area contributed by atoms with Crippen LogP contribution in [0.15, 0.2) is 29.8 Å². The van der Waals surface area contributed by atoms with E-state index < -0.39 is 0 Å². The molecule has 60 valence electrons. The first-order chi connectivity index (χ1) is 5.86. The molecule has 0 saturated carbocycles. The van der Waals surface area contributed by atoms with E-state index in [0.717, 1.165) is 5.69 Å². The number of nitrogens with zero attached hydrogens (tertiary/aromatic N) is 4. The lowest BCUT2D eigenvalue weighted by Crippen LogP contribution is -2.09. The van der Waals surface area contributed by atoms with Crippen LogP contribution < -0.4 is 5.69 Å². The van der Waals surface area contributed by atoms with Crippen LogP contribution in [0.5, 0.6) is 0 Å². The molecule has 0 saturated heterocycles. The molecule has 0 aromatic carbocycles. The van der Waals surface area contributed by atoms with Crippen molar-refractivity contribution >= 4 is 0 Å². The monoisotopic (exact) mass is 163 g/mol. The summed E-state index contributed by atoms with van der Waals surface area (Å²) < 4.78 is 1.64.